The Morgan fingerprint density at radius 1 is 1.18 bits per heavy atom. The number of anilines is 2. The summed E-state index contributed by atoms with van der Waals surface area (Å²) in [6.07, 6.45) is -1.02. The summed E-state index contributed by atoms with van der Waals surface area (Å²) in [4.78, 5) is 24.1. The maximum atomic E-state index is 12.7. The van der Waals surface area contributed by atoms with E-state index in [0.717, 1.165) is 0 Å². The van der Waals surface area contributed by atoms with E-state index >= 15 is 0 Å². The van der Waals surface area contributed by atoms with Gasteiger partial charge in [0.1, 0.15) is 5.75 Å². The number of methoxy groups -OCH3 is 1. The van der Waals surface area contributed by atoms with Gasteiger partial charge in [-0.15, -0.1) is 0 Å². The van der Waals surface area contributed by atoms with Crippen LogP contribution in [0.1, 0.15) is 17.3 Å². The van der Waals surface area contributed by atoms with E-state index in [1.54, 1.807) is 43.3 Å². The van der Waals surface area contributed by atoms with Gasteiger partial charge in [-0.3, -0.25) is 9.10 Å². The Morgan fingerprint density at radius 2 is 1.86 bits per heavy atom. The maximum Gasteiger partial charge on any atom is 0.337 e. The van der Waals surface area contributed by atoms with Crippen LogP contribution in [-0.4, -0.2) is 45.8 Å². The lowest BCUT2D eigenvalue weighted by Crippen LogP contribution is -2.49. The molecule has 0 saturated heterocycles. The fourth-order valence-corrected chi connectivity index (χ4v) is 3.91. The molecule has 1 atom stereocenters. The number of rotatable bonds is 5. The second-order valence-electron chi connectivity index (χ2n) is 6.06. The number of esters is 1. The molecule has 0 spiro atoms. The maximum absolute atomic E-state index is 12.7. The smallest absolute Gasteiger partial charge is 0.337 e. The quantitative estimate of drug-likeness (QED) is 0.765. The van der Waals surface area contributed by atoms with Crippen LogP contribution in [0.25, 0.3) is 0 Å². The number of benzene rings is 2. The highest BCUT2D eigenvalue weighted by atomic mass is 32.2. The Labute approximate surface area is 163 Å². The van der Waals surface area contributed by atoms with Crippen molar-refractivity contribution in [2.45, 2.75) is 13.0 Å². The van der Waals surface area contributed by atoms with E-state index in [-0.39, 0.29) is 12.3 Å². The number of carbonyl (C=O) groups excluding carboxylic acids is 2. The van der Waals surface area contributed by atoms with E-state index in [1.165, 1.54) is 23.5 Å². The van der Waals surface area contributed by atoms with Gasteiger partial charge in [0.05, 0.1) is 30.7 Å². The van der Waals surface area contributed by atoms with E-state index in [2.05, 4.69) is 10.1 Å². The third-order valence-corrected chi connectivity index (χ3v) is 6.05. The van der Waals surface area contributed by atoms with Gasteiger partial charge >= 0.3 is 5.97 Å². The summed E-state index contributed by atoms with van der Waals surface area (Å²) in [6, 6.07) is 12.8. The summed E-state index contributed by atoms with van der Waals surface area (Å²) in [6.45, 7) is 1.42. The van der Waals surface area contributed by atoms with Crippen molar-refractivity contribution in [3.8, 4) is 5.75 Å². The van der Waals surface area contributed by atoms with Gasteiger partial charge in [0, 0.05) is 5.69 Å². The zero-order valence-corrected chi connectivity index (χ0v) is 16.2. The molecule has 0 saturated carbocycles. The van der Waals surface area contributed by atoms with Crippen molar-refractivity contribution in [2.24, 2.45) is 0 Å². The van der Waals surface area contributed by atoms with Crippen LogP contribution in [0, 0.1) is 0 Å². The zero-order valence-electron chi connectivity index (χ0n) is 15.4. The molecule has 0 radical (unpaired) electrons. The van der Waals surface area contributed by atoms with E-state index in [0.29, 0.717) is 22.7 Å². The molecule has 1 aliphatic rings. The summed E-state index contributed by atoms with van der Waals surface area (Å²) in [5, 5.41) is 2.68. The molecule has 0 aliphatic carbocycles. The van der Waals surface area contributed by atoms with Gasteiger partial charge in [-0.2, -0.15) is 0 Å². The number of ether oxygens (including phenoxy) is 2. The largest absolute Gasteiger partial charge is 0.476 e. The molecule has 0 fully saturated rings. The fraction of sp³-hybridized carbons (Fsp3) is 0.263. The average molecular weight is 404 g/mol. The van der Waals surface area contributed by atoms with Gasteiger partial charge in [0.15, 0.2) is 6.10 Å². The van der Waals surface area contributed by atoms with Crippen LogP contribution >= 0.6 is 0 Å². The van der Waals surface area contributed by atoms with E-state index in [1.807, 2.05) is 0 Å². The average Bonchev–Trinajstić information content (AvgIpc) is 2.72. The molecule has 3 rings (SSSR count). The van der Waals surface area contributed by atoms with Crippen LogP contribution in [0.15, 0.2) is 48.5 Å². The summed E-state index contributed by atoms with van der Waals surface area (Å²) in [5.41, 5.74) is 1.21. The van der Waals surface area contributed by atoms with Crippen molar-refractivity contribution in [2.75, 3.05) is 29.0 Å². The Hall–Kier alpha value is -3.07. The number of hydrogen-bond donors (Lipinski definition) is 1. The highest BCUT2D eigenvalue weighted by molar-refractivity contribution is 7.92. The number of hydrogen-bond acceptors (Lipinski definition) is 6. The predicted octanol–water partition coefficient (Wildman–Crippen LogP) is 2.03. The van der Waals surface area contributed by atoms with Crippen molar-refractivity contribution >= 4 is 33.3 Å². The first-order chi connectivity index (χ1) is 13.4. The van der Waals surface area contributed by atoms with E-state index in [4.69, 9.17) is 4.74 Å². The topological polar surface area (TPSA) is 102 Å². The minimum absolute atomic E-state index is 0.0926. The molecule has 1 heterocycles. The molecule has 8 nitrogen and oxygen atoms in total. The van der Waals surface area contributed by atoms with Crippen LogP contribution in [0.5, 0.6) is 5.75 Å². The van der Waals surface area contributed by atoms with Crippen molar-refractivity contribution < 1.29 is 27.5 Å². The molecular weight excluding hydrogens is 384 g/mol. The van der Waals surface area contributed by atoms with Gasteiger partial charge in [-0.05, 0) is 43.3 Å². The molecule has 1 amide bonds. The van der Waals surface area contributed by atoms with Gasteiger partial charge in [-0.25, -0.2) is 13.2 Å². The number of nitrogens with zero attached hydrogens (tertiary/aromatic N) is 1. The Kier molecular flexibility index (Phi) is 5.55. The molecular formula is C19H20N2O6S. The lowest BCUT2D eigenvalue weighted by molar-refractivity contribution is -0.122. The third-order valence-electron chi connectivity index (χ3n) is 4.30. The van der Waals surface area contributed by atoms with Gasteiger partial charge < -0.3 is 14.8 Å². The Morgan fingerprint density at radius 3 is 2.50 bits per heavy atom. The van der Waals surface area contributed by atoms with Crippen molar-refractivity contribution in [1.29, 1.82) is 0 Å². The molecule has 1 N–H and O–H groups in total. The molecule has 28 heavy (non-hydrogen) atoms. The summed E-state index contributed by atoms with van der Waals surface area (Å²) >= 11 is 0. The number of nitrogens with one attached hydrogen (secondary N) is 1. The molecule has 9 heteroatoms. The summed E-state index contributed by atoms with van der Waals surface area (Å²) in [7, 11) is -2.29. The molecule has 0 bridgehead atoms. The summed E-state index contributed by atoms with van der Waals surface area (Å²) in [5.74, 6) is -0.737. The monoisotopic (exact) mass is 404 g/mol. The fourth-order valence-electron chi connectivity index (χ4n) is 2.79. The minimum Gasteiger partial charge on any atom is -0.476 e. The van der Waals surface area contributed by atoms with Crippen LogP contribution in [0.3, 0.4) is 0 Å². The van der Waals surface area contributed by atoms with Crippen molar-refractivity contribution in [1.82, 2.24) is 0 Å². The zero-order chi connectivity index (χ0) is 20.3. The lowest BCUT2D eigenvalue weighted by atomic mass is 10.2. The van der Waals surface area contributed by atoms with E-state index in [9.17, 15) is 18.0 Å². The second kappa shape index (κ2) is 7.89. The third kappa shape index (κ3) is 3.94. The SMILES string of the molecule is CCS(=O)(=O)N1CC(C(=O)Nc2ccc(C(=O)OC)cc2)Oc2ccccc21. The Bertz CT molecular complexity index is 988. The minimum atomic E-state index is -3.57. The molecule has 1 aliphatic heterocycles. The highest BCUT2D eigenvalue weighted by Gasteiger charge is 2.35. The first-order valence-electron chi connectivity index (χ1n) is 8.61. The lowest BCUT2D eigenvalue weighted by Gasteiger charge is -2.34. The number of amides is 1. The summed E-state index contributed by atoms with van der Waals surface area (Å²) < 4.78 is 36.5. The molecule has 0 aromatic heterocycles. The number of fused-ring (bicyclic) bond motifs is 1. The first kappa shape index (κ1) is 19.7. The standard InChI is InChI=1S/C19H20N2O6S/c1-3-28(24,25)21-12-17(27-16-7-5-4-6-15(16)21)18(22)20-14-10-8-13(9-11-14)19(23)26-2/h4-11,17H,3,12H2,1-2H3,(H,20,22). The van der Waals surface area contributed by atoms with Crippen molar-refractivity contribution in [3.63, 3.8) is 0 Å². The molecule has 1 unspecified atom stereocenters. The van der Waals surface area contributed by atoms with Crippen LogP contribution in [-0.2, 0) is 19.6 Å². The number of carbonyl (C=O) groups is 2. The van der Waals surface area contributed by atoms with Crippen molar-refractivity contribution in [3.05, 3.63) is 54.1 Å². The van der Waals surface area contributed by atoms with Crippen LogP contribution in [0.4, 0.5) is 11.4 Å². The van der Waals surface area contributed by atoms with Crippen LogP contribution < -0.4 is 14.4 Å². The Balaban J connectivity index is 1.80. The van der Waals surface area contributed by atoms with Crippen LogP contribution in [0.2, 0.25) is 0 Å². The highest BCUT2D eigenvalue weighted by Crippen LogP contribution is 2.35. The number of para-hydroxylation sites is 2. The predicted molar refractivity (Wildman–Crippen MR) is 104 cm³/mol. The van der Waals surface area contributed by atoms with E-state index < -0.39 is 28.0 Å². The van der Waals surface area contributed by atoms with Gasteiger partial charge in [-0.1, -0.05) is 12.1 Å². The van der Waals surface area contributed by atoms with Gasteiger partial charge in [0.2, 0.25) is 10.0 Å². The molecule has 2 aromatic carbocycles. The molecule has 148 valence electrons. The normalized spacial score (nSPS) is 15.9. The first-order valence-corrected chi connectivity index (χ1v) is 10.2. The number of sulfonamides is 1. The second-order valence-corrected chi connectivity index (χ2v) is 8.25. The molecule has 2 aromatic rings. The van der Waals surface area contributed by atoms with Gasteiger partial charge in [0.25, 0.3) is 5.91 Å².